The van der Waals surface area contributed by atoms with Gasteiger partial charge in [-0.15, -0.1) is 0 Å². The first-order valence-electron chi connectivity index (χ1n) is 6.85. The molecular formula is C15H23N3O2. The standard InChI is InChI=1S/C15H23N3O2/c1-3-12(10-16)9-15(20)18(2)11-14(19)17-13-7-5-4-6-8-13/h4-8,12H,3,9-11,16H2,1-2H3,(H,17,19). The first-order valence-corrected chi connectivity index (χ1v) is 6.85. The monoisotopic (exact) mass is 277 g/mol. The van der Waals surface area contributed by atoms with E-state index >= 15 is 0 Å². The van der Waals surface area contributed by atoms with Gasteiger partial charge in [0.15, 0.2) is 0 Å². The van der Waals surface area contributed by atoms with Crippen LogP contribution in [0.4, 0.5) is 5.69 Å². The quantitative estimate of drug-likeness (QED) is 0.792. The molecule has 0 heterocycles. The van der Waals surface area contributed by atoms with Gasteiger partial charge < -0.3 is 16.0 Å². The lowest BCUT2D eigenvalue weighted by Gasteiger charge is -2.19. The molecule has 0 spiro atoms. The fourth-order valence-corrected chi connectivity index (χ4v) is 1.82. The van der Waals surface area contributed by atoms with Crippen molar-refractivity contribution in [2.45, 2.75) is 19.8 Å². The lowest BCUT2D eigenvalue weighted by atomic mass is 10.0. The van der Waals surface area contributed by atoms with E-state index in [2.05, 4.69) is 5.32 Å². The molecule has 1 aromatic carbocycles. The molecule has 5 heteroatoms. The van der Waals surface area contributed by atoms with Crippen molar-refractivity contribution < 1.29 is 9.59 Å². The van der Waals surface area contributed by atoms with Crippen molar-refractivity contribution in [1.82, 2.24) is 4.90 Å². The Hall–Kier alpha value is -1.88. The van der Waals surface area contributed by atoms with Crippen LogP contribution in [0.1, 0.15) is 19.8 Å². The summed E-state index contributed by atoms with van der Waals surface area (Å²) in [5.41, 5.74) is 6.31. The fraction of sp³-hybridized carbons (Fsp3) is 0.467. The second kappa shape index (κ2) is 8.32. The Bertz CT molecular complexity index is 430. The normalized spacial score (nSPS) is 11.8. The maximum atomic E-state index is 11.9. The van der Waals surface area contributed by atoms with Crippen molar-refractivity contribution in [3.8, 4) is 0 Å². The molecule has 110 valence electrons. The number of amides is 2. The summed E-state index contributed by atoms with van der Waals surface area (Å²) in [6, 6.07) is 9.18. The van der Waals surface area contributed by atoms with E-state index in [9.17, 15) is 9.59 Å². The number of carbonyl (C=O) groups is 2. The van der Waals surface area contributed by atoms with E-state index in [1.54, 1.807) is 19.2 Å². The summed E-state index contributed by atoms with van der Waals surface area (Å²) in [5, 5.41) is 2.75. The van der Waals surface area contributed by atoms with Crippen LogP contribution >= 0.6 is 0 Å². The predicted molar refractivity (Wildman–Crippen MR) is 80.2 cm³/mol. The molecule has 1 unspecified atom stereocenters. The summed E-state index contributed by atoms with van der Waals surface area (Å²) in [6.45, 7) is 2.55. The highest BCUT2D eigenvalue weighted by Gasteiger charge is 2.16. The van der Waals surface area contributed by atoms with Crippen molar-refractivity contribution in [1.29, 1.82) is 0 Å². The maximum absolute atomic E-state index is 11.9. The van der Waals surface area contributed by atoms with E-state index in [1.807, 2.05) is 25.1 Å². The number of nitrogens with zero attached hydrogens (tertiary/aromatic N) is 1. The first kappa shape index (κ1) is 16.2. The van der Waals surface area contributed by atoms with Crippen LogP contribution in [0.25, 0.3) is 0 Å². The molecule has 0 aliphatic heterocycles. The van der Waals surface area contributed by atoms with Gasteiger partial charge in [-0.25, -0.2) is 0 Å². The Balaban J connectivity index is 2.43. The molecule has 0 aliphatic carbocycles. The van der Waals surface area contributed by atoms with Gasteiger partial charge in [0.2, 0.25) is 11.8 Å². The molecule has 1 rings (SSSR count). The second-order valence-corrected chi connectivity index (χ2v) is 4.88. The van der Waals surface area contributed by atoms with Crippen LogP contribution in [0.5, 0.6) is 0 Å². The zero-order valence-corrected chi connectivity index (χ0v) is 12.1. The van der Waals surface area contributed by atoms with Crippen LogP contribution in [0.2, 0.25) is 0 Å². The van der Waals surface area contributed by atoms with E-state index in [1.165, 1.54) is 4.90 Å². The van der Waals surface area contributed by atoms with Gasteiger partial charge in [0.05, 0.1) is 6.54 Å². The van der Waals surface area contributed by atoms with Gasteiger partial charge in [-0.1, -0.05) is 31.5 Å². The topological polar surface area (TPSA) is 75.4 Å². The van der Waals surface area contributed by atoms with Gasteiger partial charge in [0.25, 0.3) is 0 Å². The van der Waals surface area contributed by atoms with E-state index in [0.717, 1.165) is 12.1 Å². The fourth-order valence-electron chi connectivity index (χ4n) is 1.82. The molecule has 0 bridgehead atoms. The largest absolute Gasteiger partial charge is 0.336 e. The van der Waals surface area contributed by atoms with Crippen LogP contribution in [0.3, 0.4) is 0 Å². The first-order chi connectivity index (χ1) is 9.56. The molecule has 0 saturated heterocycles. The molecule has 0 radical (unpaired) electrons. The molecular weight excluding hydrogens is 254 g/mol. The molecule has 20 heavy (non-hydrogen) atoms. The number of hydrogen-bond acceptors (Lipinski definition) is 3. The smallest absolute Gasteiger partial charge is 0.243 e. The number of hydrogen-bond donors (Lipinski definition) is 2. The summed E-state index contributed by atoms with van der Waals surface area (Å²) >= 11 is 0. The van der Waals surface area contributed by atoms with Crippen LogP contribution in [-0.2, 0) is 9.59 Å². The van der Waals surface area contributed by atoms with Crippen molar-refractivity contribution in [3.05, 3.63) is 30.3 Å². The second-order valence-electron chi connectivity index (χ2n) is 4.88. The summed E-state index contributed by atoms with van der Waals surface area (Å²) in [6.07, 6.45) is 1.26. The number of likely N-dealkylation sites (N-methyl/N-ethyl adjacent to an activating group) is 1. The summed E-state index contributed by atoms with van der Waals surface area (Å²) < 4.78 is 0. The highest BCUT2D eigenvalue weighted by Crippen LogP contribution is 2.09. The highest BCUT2D eigenvalue weighted by atomic mass is 16.2. The number of nitrogens with one attached hydrogen (secondary N) is 1. The maximum Gasteiger partial charge on any atom is 0.243 e. The Labute approximate surface area is 120 Å². The zero-order chi connectivity index (χ0) is 15.0. The van der Waals surface area contributed by atoms with Crippen LogP contribution < -0.4 is 11.1 Å². The molecule has 1 atom stereocenters. The van der Waals surface area contributed by atoms with Gasteiger partial charge in [-0.3, -0.25) is 9.59 Å². The SMILES string of the molecule is CCC(CN)CC(=O)N(C)CC(=O)Nc1ccccc1. The number of anilines is 1. The average Bonchev–Trinajstić information content (AvgIpc) is 2.45. The highest BCUT2D eigenvalue weighted by molar-refractivity contribution is 5.94. The Kier molecular flexibility index (Phi) is 6.73. The van der Waals surface area contributed by atoms with Crippen LogP contribution in [0.15, 0.2) is 30.3 Å². The van der Waals surface area contributed by atoms with Gasteiger partial charge >= 0.3 is 0 Å². The van der Waals surface area contributed by atoms with Gasteiger partial charge in [0.1, 0.15) is 0 Å². The number of nitrogens with two attached hydrogens (primary N) is 1. The number of para-hydroxylation sites is 1. The van der Waals surface area contributed by atoms with Gasteiger partial charge in [0, 0.05) is 19.2 Å². The molecule has 2 amide bonds. The third-order valence-electron chi connectivity index (χ3n) is 3.24. The predicted octanol–water partition coefficient (Wildman–Crippen LogP) is 1.46. The number of carbonyl (C=O) groups excluding carboxylic acids is 2. The molecule has 0 saturated carbocycles. The summed E-state index contributed by atoms with van der Waals surface area (Å²) in [7, 11) is 1.64. The van der Waals surface area contributed by atoms with Crippen molar-refractivity contribution >= 4 is 17.5 Å². The van der Waals surface area contributed by atoms with Gasteiger partial charge in [-0.05, 0) is 24.6 Å². The Morgan fingerprint density at radius 2 is 1.95 bits per heavy atom. The molecule has 3 N–H and O–H groups in total. The van der Waals surface area contributed by atoms with Crippen molar-refractivity contribution in [2.24, 2.45) is 11.7 Å². The molecule has 1 aromatic rings. The minimum absolute atomic E-state index is 0.0503. The van der Waals surface area contributed by atoms with E-state index in [4.69, 9.17) is 5.73 Å². The summed E-state index contributed by atoms with van der Waals surface area (Å²) in [5.74, 6) is -0.0690. The van der Waals surface area contributed by atoms with E-state index in [-0.39, 0.29) is 24.3 Å². The number of rotatable bonds is 7. The van der Waals surface area contributed by atoms with Gasteiger partial charge in [-0.2, -0.15) is 0 Å². The lowest BCUT2D eigenvalue weighted by Crippen LogP contribution is -2.36. The third kappa shape index (κ3) is 5.40. The average molecular weight is 277 g/mol. The minimum Gasteiger partial charge on any atom is -0.336 e. The molecule has 0 aromatic heterocycles. The Morgan fingerprint density at radius 3 is 2.50 bits per heavy atom. The van der Waals surface area contributed by atoms with Crippen molar-refractivity contribution in [3.63, 3.8) is 0 Å². The van der Waals surface area contributed by atoms with Crippen LogP contribution in [-0.4, -0.2) is 36.9 Å². The molecule has 0 aliphatic rings. The molecule has 0 fully saturated rings. The van der Waals surface area contributed by atoms with Crippen LogP contribution in [0, 0.1) is 5.92 Å². The van der Waals surface area contributed by atoms with E-state index in [0.29, 0.717) is 13.0 Å². The summed E-state index contributed by atoms with van der Waals surface area (Å²) in [4.78, 5) is 25.2. The van der Waals surface area contributed by atoms with Crippen molar-refractivity contribution in [2.75, 3.05) is 25.5 Å². The third-order valence-corrected chi connectivity index (χ3v) is 3.24. The minimum atomic E-state index is -0.201. The molecule has 5 nitrogen and oxygen atoms in total. The number of benzene rings is 1. The Morgan fingerprint density at radius 1 is 1.30 bits per heavy atom. The van der Waals surface area contributed by atoms with E-state index < -0.39 is 0 Å². The zero-order valence-electron chi connectivity index (χ0n) is 12.1. The lowest BCUT2D eigenvalue weighted by molar-refractivity contribution is -0.134.